The fourth-order valence-corrected chi connectivity index (χ4v) is 8.15. The monoisotopic (exact) mass is 642 g/mol. The zero-order valence-corrected chi connectivity index (χ0v) is 26.7. The molecule has 2 heterocycles. The SMILES string of the molecule is CC(C)(C)c1ccc2nc([C@H](Cc3ccc(C4CC(=O)NS4(=O)=O)cc3)NS(=O)(=O)c3ccc(-c4ccccc4)cc3)[nH]c2c1. The molecular weight excluding hydrogens is 609 g/mol. The van der Waals surface area contributed by atoms with Crippen LogP contribution in [0.2, 0.25) is 0 Å². The maximum absolute atomic E-state index is 13.7. The number of nitrogens with zero attached hydrogens (tertiary/aromatic N) is 1. The molecule has 1 aliphatic heterocycles. The van der Waals surface area contributed by atoms with Gasteiger partial charge in [-0.15, -0.1) is 0 Å². The highest BCUT2D eigenvalue weighted by Gasteiger charge is 2.37. The summed E-state index contributed by atoms with van der Waals surface area (Å²) in [5.74, 6) is -0.0763. The third-order valence-electron chi connectivity index (χ3n) is 8.06. The van der Waals surface area contributed by atoms with Gasteiger partial charge in [0.15, 0.2) is 0 Å². The van der Waals surface area contributed by atoms with Crippen LogP contribution in [0, 0.1) is 0 Å². The molecular formula is C34H34N4O5S2. The van der Waals surface area contributed by atoms with Crippen molar-refractivity contribution in [3.63, 3.8) is 0 Å². The molecule has 1 amide bonds. The smallest absolute Gasteiger partial charge is 0.242 e. The Bertz CT molecular complexity index is 2080. The number of H-pyrrole nitrogens is 1. The largest absolute Gasteiger partial charge is 0.341 e. The Labute approximate surface area is 263 Å². The van der Waals surface area contributed by atoms with Gasteiger partial charge in [-0.3, -0.25) is 9.52 Å². The van der Waals surface area contributed by atoms with Crippen LogP contribution in [0.15, 0.2) is 102 Å². The minimum atomic E-state index is -3.97. The second kappa shape index (κ2) is 11.6. The van der Waals surface area contributed by atoms with Crippen LogP contribution < -0.4 is 9.44 Å². The number of amides is 1. The van der Waals surface area contributed by atoms with Gasteiger partial charge in [-0.25, -0.2) is 26.5 Å². The summed E-state index contributed by atoms with van der Waals surface area (Å²) in [4.78, 5) is 20.0. The van der Waals surface area contributed by atoms with Crippen LogP contribution in [-0.4, -0.2) is 32.7 Å². The average molecular weight is 643 g/mol. The second-order valence-corrected chi connectivity index (χ2v) is 16.0. The Morgan fingerprint density at radius 3 is 2.20 bits per heavy atom. The van der Waals surface area contributed by atoms with E-state index in [1.54, 1.807) is 48.5 Å². The van der Waals surface area contributed by atoms with Crippen LogP contribution in [0.3, 0.4) is 0 Å². The Morgan fingerprint density at radius 1 is 0.911 bits per heavy atom. The van der Waals surface area contributed by atoms with Crippen LogP contribution in [0.5, 0.6) is 0 Å². The van der Waals surface area contributed by atoms with E-state index >= 15 is 0 Å². The lowest BCUT2D eigenvalue weighted by Crippen LogP contribution is -2.31. The van der Waals surface area contributed by atoms with Crippen molar-refractivity contribution < 1.29 is 21.6 Å². The van der Waals surface area contributed by atoms with E-state index < -0.39 is 37.2 Å². The lowest BCUT2D eigenvalue weighted by molar-refractivity contribution is -0.118. The molecule has 11 heteroatoms. The number of imidazole rings is 1. The molecule has 1 saturated heterocycles. The quantitative estimate of drug-likeness (QED) is 0.199. The van der Waals surface area contributed by atoms with Crippen LogP contribution in [-0.2, 0) is 36.7 Å². The Balaban J connectivity index is 1.32. The highest BCUT2D eigenvalue weighted by atomic mass is 32.2. The fraction of sp³-hybridized carbons (Fsp3) is 0.235. The lowest BCUT2D eigenvalue weighted by Gasteiger charge is -2.18. The molecule has 3 N–H and O–H groups in total. The number of carbonyl (C=O) groups excluding carboxylic acids is 1. The van der Waals surface area contributed by atoms with Crippen LogP contribution in [0.4, 0.5) is 0 Å². The van der Waals surface area contributed by atoms with E-state index in [1.165, 1.54) is 0 Å². The molecule has 45 heavy (non-hydrogen) atoms. The molecule has 0 aliphatic carbocycles. The number of benzene rings is 4. The number of sulfonamides is 2. The molecule has 0 bridgehead atoms. The van der Waals surface area contributed by atoms with Gasteiger partial charge in [0.25, 0.3) is 0 Å². The number of aromatic nitrogens is 2. The van der Waals surface area contributed by atoms with Gasteiger partial charge in [0.1, 0.15) is 11.1 Å². The average Bonchev–Trinajstić information content (AvgIpc) is 3.55. The first-order valence-corrected chi connectivity index (χ1v) is 17.6. The van der Waals surface area contributed by atoms with Gasteiger partial charge in [-0.05, 0) is 63.9 Å². The van der Waals surface area contributed by atoms with Crippen molar-refractivity contribution in [2.75, 3.05) is 0 Å². The highest BCUT2D eigenvalue weighted by Crippen LogP contribution is 2.32. The molecule has 1 fully saturated rings. The Kier molecular flexibility index (Phi) is 7.88. The van der Waals surface area contributed by atoms with Gasteiger partial charge in [-0.1, -0.05) is 93.6 Å². The number of rotatable bonds is 8. The van der Waals surface area contributed by atoms with Gasteiger partial charge in [0.2, 0.25) is 26.0 Å². The molecule has 4 aromatic carbocycles. The first kappa shape index (κ1) is 30.7. The number of hydrogen-bond donors (Lipinski definition) is 3. The first-order chi connectivity index (χ1) is 21.3. The summed E-state index contributed by atoms with van der Waals surface area (Å²) in [5.41, 5.74) is 5.69. The zero-order valence-electron chi connectivity index (χ0n) is 25.1. The summed E-state index contributed by atoms with van der Waals surface area (Å²) in [6, 6.07) is 28.5. The summed E-state index contributed by atoms with van der Waals surface area (Å²) in [6.45, 7) is 6.37. The third-order valence-corrected chi connectivity index (χ3v) is 11.2. The Hall–Kier alpha value is -4.32. The number of carbonyl (C=O) groups is 1. The molecule has 6 rings (SSSR count). The standard InChI is InChI=1S/C34H34N4O5S2/c1-34(2,3)26-15-18-28-29(20-26)36-33(35-28)30(19-22-9-11-25(12-10-22)31-21-32(39)38-45(31,42)43)37-44(40,41)27-16-13-24(14-17-27)23-7-5-4-6-8-23/h4-18,20,30-31,37H,19,21H2,1-3H3,(H,35,36)(H,38,39)/t30-,31?/m0/s1. The van der Waals surface area contributed by atoms with Crippen LogP contribution in [0.25, 0.3) is 22.2 Å². The summed E-state index contributed by atoms with van der Waals surface area (Å²) < 4.78 is 57.1. The topological polar surface area (TPSA) is 138 Å². The number of fused-ring (bicyclic) bond motifs is 1. The number of aromatic amines is 1. The summed E-state index contributed by atoms with van der Waals surface area (Å²) in [7, 11) is -7.75. The second-order valence-electron chi connectivity index (χ2n) is 12.4. The summed E-state index contributed by atoms with van der Waals surface area (Å²) >= 11 is 0. The van der Waals surface area contributed by atoms with Crippen molar-refractivity contribution in [3.8, 4) is 11.1 Å². The lowest BCUT2D eigenvalue weighted by atomic mass is 9.87. The Morgan fingerprint density at radius 2 is 1.58 bits per heavy atom. The molecule has 5 aromatic rings. The first-order valence-electron chi connectivity index (χ1n) is 14.6. The molecule has 0 saturated carbocycles. The van der Waals surface area contributed by atoms with Gasteiger partial charge >= 0.3 is 0 Å². The number of nitrogens with one attached hydrogen (secondary N) is 3. The van der Waals surface area contributed by atoms with Crippen molar-refractivity contribution in [3.05, 3.63) is 120 Å². The van der Waals surface area contributed by atoms with Crippen molar-refractivity contribution in [2.45, 2.75) is 55.2 Å². The molecule has 9 nitrogen and oxygen atoms in total. The van der Waals surface area contributed by atoms with Crippen LogP contribution in [0.1, 0.15) is 61.0 Å². The van der Waals surface area contributed by atoms with E-state index in [9.17, 15) is 21.6 Å². The molecule has 1 unspecified atom stereocenters. The highest BCUT2D eigenvalue weighted by molar-refractivity contribution is 7.90. The van der Waals surface area contributed by atoms with Crippen LogP contribution >= 0.6 is 0 Å². The number of hydrogen-bond acceptors (Lipinski definition) is 6. The fourth-order valence-electron chi connectivity index (χ4n) is 5.52. The van der Waals surface area contributed by atoms with E-state index in [4.69, 9.17) is 4.98 Å². The molecule has 0 radical (unpaired) electrons. The summed E-state index contributed by atoms with van der Waals surface area (Å²) in [6.07, 6.45) is 0.102. The molecule has 1 aliphatic rings. The van der Waals surface area contributed by atoms with E-state index in [-0.39, 0.29) is 23.2 Å². The minimum absolute atomic E-state index is 0.0823. The van der Waals surface area contributed by atoms with Crippen molar-refractivity contribution in [1.82, 2.24) is 19.4 Å². The van der Waals surface area contributed by atoms with Gasteiger partial charge in [-0.2, -0.15) is 0 Å². The molecule has 0 spiro atoms. The van der Waals surface area contributed by atoms with E-state index in [0.717, 1.165) is 27.8 Å². The van der Waals surface area contributed by atoms with Gasteiger partial charge in [0, 0.05) is 0 Å². The molecule has 232 valence electrons. The van der Waals surface area contributed by atoms with E-state index in [0.29, 0.717) is 16.9 Å². The summed E-state index contributed by atoms with van der Waals surface area (Å²) in [5, 5.41) is -0.959. The van der Waals surface area contributed by atoms with E-state index in [2.05, 4.69) is 30.5 Å². The van der Waals surface area contributed by atoms with Crippen molar-refractivity contribution in [2.24, 2.45) is 0 Å². The normalized spacial score (nSPS) is 17.3. The molecule has 2 atom stereocenters. The van der Waals surface area contributed by atoms with E-state index in [1.807, 2.05) is 53.3 Å². The van der Waals surface area contributed by atoms with Gasteiger partial charge in [0.05, 0.1) is 28.4 Å². The van der Waals surface area contributed by atoms with Crippen molar-refractivity contribution in [1.29, 1.82) is 0 Å². The maximum Gasteiger partial charge on any atom is 0.242 e. The minimum Gasteiger partial charge on any atom is -0.341 e. The van der Waals surface area contributed by atoms with Crippen molar-refractivity contribution >= 4 is 37.0 Å². The zero-order chi connectivity index (χ0) is 32.0. The predicted octanol–water partition coefficient (Wildman–Crippen LogP) is 5.68. The third kappa shape index (κ3) is 6.56. The maximum atomic E-state index is 13.7. The molecule has 1 aromatic heterocycles. The predicted molar refractivity (Wildman–Crippen MR) is 174 cm³/mol. The van der Waals surface area contributed by atoms with Gasteiger partial charge < -0.3 is 4.98 Å².